The fraction of sp³-hybridized carbons (Fsp3) is 0.222. The van der Waals surface area contributed by atoms with Crippen LogP contribution in [0.1, 0.15) is 17.3 Å². The predicted octanol–water partition coefficient (Wildman–Crippen LogP) is 4.62. The molecule has 1 amide bonds. The average molecular weight is 489 g/mol. The van der Waals surface area contributed by atoms with Gasteiger partial charge in [-0.05, 0) is 73.7 Å². The number of carbonyl (C=O) groups excluding carboxylic acids is 1. The van der Waals surface area contributed by atoms with Crippen molar-refractivity contribution in [2.45, 2.75) is 6.92 Å². The van der Waals surface area contributed by atoms with Gasteiger partial charge in [-0.25, -0.2) is 4.68 Å². The summed E-state index contributed by atoms with van der Waals surface area (Å²) in [4.78, 5) is 17.2. The van der Waals surface area contributed by atoms with Gasteiger partial charge in [0, 0.05) is 23.4 Å². The smallest absolute Gasteiger partial charge is 0.336 e. The van der Waals surface area contributed by atoms with Crippen LogP contribution in [0.25, 0.3) is 17.1 Å². The summed E-state index contributed by atoms with van der Waals surface area (Å²) in [5.74, 6) is 1.74. The maximum Gasteiger partial charge on any atom is 0.336 e. The Bertz CT molecular complexity index is 1290. The van der Waals surface area contributed by atoms with E-state index in [1.807, 2.05) is 55.5 Å². The van der Waals surface area contributed by atoms with E-state index in [0.717, 1.165) is 17.0 Å². The first-order valence-electron chi connectivity index (χ1n) is 11.5. The van der Waals surface area contributed by atoms with Crippen LogP contribution < -0.4 is 19.5 Å². The number of methoxy groups -OCH3 is 2. The summed E-state index contributed by atoms with van der Waals surface area (Å²) in [7, 11) is 3.19. The van der Waals surface area contributed by atoms with Crippen molar-refractivity contribution in [1.82, 2.24) is 14.8 Å². The normalized spacial score (nSPS) is 10.6. The van der Waals surface area contributed by atoms with Crippen molar-refractivity contribution in [2.24, 2.45) is 0 Å². The van der Waals surface area contributed by atoms with Gasteiger partial charge in [0.2, 0.25) is 0 Å². The highest BCUT2D eigenvalue weighted by Crippen LogP contribution is 2.26. The van der Waals surface area contributed by atoms with Crippen molar-refractivity contribution in [3.05, 3.63) is 78.4 Å². The topological polar surface area (TPSA) is 96.7 Å². The van der Waals surface area contributed by atoms with Crippen LogP contribution in [-0.2, 0) is 4.74 Å². The first kappa shape index (κ1) is 24.7. The molecular weight excluding hydrogens is 460 g/mol. The molecule has 0 radical (unpaired) electrons. The van der Waals surface area contributed by atoms with Crippen LogP contribution in [-0.4, -0.2) is 54.7 Å². The third kappa shape index (κ3) is 6.00. The molecule has 0 aliphatic carbocycles. The lowest BCUT2D eigenvalue weighted by atomic mass is 10.2. The van der Waals surface area contributed by atoms with Crippen molar-refractivity contribution < 1.29 is 23.7 Å². The molecule has 0 saturated carbocycles. The van der Waals surface area contributed by atoms with Crippen molar-refractivity contribution in [1.29, 1.82) is 0 Å². The monoisotopic (exact) mass is 488 g/mol. The van der Waals surface area contributed by atoms with Gasteiger partial charge in [0.15, 0.2) is 5.82 Å². The highest BCUT2D eigenvalue weighted by Gasteiger charge is 2.16. The van der Waals surface area contributed by atoms with Gasteiger partial charge in [0.05, 0.1) is 26.5 Å². The van der Waals surface area contributed by atoms with Crippen LogP contribution in [0.2, 0.25) is 0 Å². The highest BCUT2D eigenvalue weighted by molar-refractivity contribution is 6.04. The van der Waals surface area contributed by atoms with E-state index in [-0.39, 0.29) is 11.9 Å². The van der Waals surface area contributed by atoms with Gasteiger partial charge in [-0.3, -0.25) is 4.79 Å². The standard InChI is InChI=1S/C27H28N4O5/c1-4-35-16-17-36-27-29-25(19-8-14-23(33-2)15-9-19)31(30-27)22-12-10-21(11-13-22)28-26(32)20-6-5-7-24(18-20)34-3/h5-15,18H,4,16-17H2,1-3H3,(H,28,32). The number of amides is 1. The van der Waals surface area contributed by atoms with E-state index < -0.39 is 0 Å². The van der Waals surface area contributed by atoms with E-state index in [1.54, 1.807) is 43.2 Å². The van der Waals surface area contributed by atoms with Gasteiger partial charge >= 0.3 is 6.01 Å². The second-order valence-corrected chi connectivity index (χ2v) is 7.64. The molecule has 3 aromatic carbocycles. The van der Waals surface area contributed by atoms with Gasteiger partial charge in [-0.1, -0.05) is 6.07 Å². The number of rotatable bonds is 11. The molecular formula is C27H28N4O5. The summed E-state index contributed by atoms with van der Waals surface area (Å²) < 4.78 is 23.2. The maximum absolute atomic E-state index is 12.6. The van der Waals surface area contributed by atoms with Crippen LogP contribution in [0.4, 0.5) is 5.69 Å². The minimum absolute atomic E-state index is 0.230. The number of carbonyl (C=O) groups is 1. The Morgan fingerprint density at radius 2 is 1.67 bits per heavy atom. The largest absolute Gasteiger partial charge is 0.497 e. The fourth-order valence-corrected chi connectivity index (χ4v) is 3.45. The minimum atomic E-state index is -0.230. The number of benzene rings is 3. The molecule has 186 valence electrons. The summed E-state index contributed by atoms with van der Waals surface area (Å²) >= 11 is 0. The predicted molar refractivity (Wildman–Crippen MR) is 136 cm³/mol. The molecule has 0 atom stereocenters. The highest BCUT2D eigenvalue weighted by atomic mass is 16.5. The van der Waals surface area contributed by atoms with Crippen molar-refractivity contribution in [3.8, 4) is 34.6 Å². The van der Waals surface area contributed by atoms with Crippen LogP contribution in [0.3, 0.4) is 0 Å². The SMILES string of the molecule is CCOCCOc1nc(-c2ccc(OC)cc2)n(-c2ccc(NC(=O)c3cccc(OC)c3)cc2)n1. The molecule has 9 nitrogen and oxygen atoms in total. The van der Waals surface area contributed by atoms with E-state index in [9.17, 15) is 4.79 Å². The van der Waals surface area contributed by atoms with E-state index in [2.05, 4.69) is 15.4 Å². The Morgan fingerprint density at radius 3 is 2.36 bits per heavy atom. The molecule has 0 saturated heterocycles. The summed E-state index contributed by atoms with van der Waals surface area (Å²) in [5, 5.41) is 7.45. The summed E-state index contributed by atoms with van der Waals surface area (Å²) in [6.45, 7) is 3.33. The molecule has 4 aromatic rings. The zero-order chi connectivity index (χ0) is 25.3. The molecule has 0 aliphatic rings. The molecule has 1 aromatic heterocycles. The third-order valence-corrected chi connectivity index (χ3v) is 5.30. The number of aromatic nitrogens is 3. The van der Waals surface area contributed by atoms with Crippen molar-refractivity contribution in [3.63, 3.8) is 0 Å². The Kier molecular flexibility index (Phi) is 8.15. The van der Waals surface area contributed by atoms with E-state index >= 15 is 0 Å². The molecule has 9 heteroatoms. The first-order valence-corrected chi connectivity index (χ1v) is 11.5. The van der Waals surface area contributed by atoms with Gasteiger partial charge in [-0.15, -0.1) is 5.10 Å². The minimum Gasteiger partial charge on any atom is -0.497 e. The zero-order valence-corrected chi connectivity index (χ0v) is 20.4. The Hall–Kier alpha value is -4.37. The number of hydrogen-bond donors (Lipinski definition) is 1. The van der Waals surface area contributed by atoms with Crippen LogP contribution in [0.15, 0.2) is 72.8 Å². The lowest BCUT2D eigenvalue weighted by Crippen LogP contribution is -2.12. The maximum atomic E-state index is 12.6. The van der Waals surface area contributed by atoms with Gasteiger partial charge in [-0.2, -0.15) is 4.98 Å². The van der Waals surface area contributed by atoms with Crippen LogP contribution in [0.5, 0.6) is 17.5 Å². The van der Waals surface area contributed by atoms with Crippen LogP contribution >= 0.6 is 0 Å². The van der Waals surface area contributed by atoms with E-state index in [0.29, 0.717) is 42.6 Å². The number of hydrogen-bond acceptors (Lipinski definition) is 7. The second kappa shape index (κ2) is 11.9. The molecule has 0 bridgehead atoms. The van der Waals surface area contributed by atoms with Gasteiger partial charge in [0.25, 0.3) is 5.91 Å². The molecule has 0 unspecified atom stereocenters. The molecule has 0 spiro atoms. The Labute approximate surface area is 209 Å². The second-order valence-electron chi connectivity index (χ2n) is 7.64. The van der Waals surface area contributed by atoms with Gasteiger partial charge in [0.1, 0.15) is 18.1 Å². The summed E-state index contributed by atoms with van der Waals surface area (Å²) in [6, 6.07) is 22.1. The number of ether oxygens (including phenoxy) is 4. The Morgan fingerprint density at radius 1 is 0.917 bits per heavy atom. The molecule has 0 aliphatic heterocycles. The van der Waals surface area contributed by atoms with Crippen molar-refractivity contribution >= 4 is 11.6 Å². The van der Waals surface area contributed by atoms with Crippen LogP contribution in [0, 0.1) is 0 Å². The lowest BCUT2D eigenvalue weighted by Gasteiger charge is -2.09. The summed E-state index contributed by atoms with van der Waals surface area (Å²) in [5.41, 5.74) is 2.75. The molecule has 36 heavy (non-hydrogen) atoms. The van der Waals surface area contributed by atoms with Crippen molar-refractivity contribution in [2.75, 3.05) is 39.4 Å². The average Bonchev–Trinajstić information content (AvgIpc) is 3.35. The zero-order valence-electron chi connectivity index (χ0n) is 20.4. The van der Waals surface area contributed by atoms with E-state index in [1.165, 1.54) is 0 Å². The first-order chi connectivity index (χ1) is 17.6. The Balaban J connectivity index is 1.57. The quantitative estimate of drug-likeness (QED) is 0.308. The molecule has 1 heterocycles. The summed E-state index contributed by atoms with van der Waals surface area (Å²) in [6.07, 6.45) is 0. The van der Waals surface area contributed by atoms with E-state index in [4.69, 9.17) is 18.9 Å². The molecule has 4 rings (SSSR count). The van der Waals surface area contributed by atoms with Gasteiger partial charge < -0.3 is 24.3 Å². The number of anilines is 1. The fourth-order valence-electron chi connectivity index (χ4n) is 3.45. The molecule has 0 fully saturated rings. The number of nitrogens with zero attached hydrogens (tertiary/aromatic N) is 3. The lowest BCUT2D eigenvalue weighted by molar-refractivity contribution is 0.102. The number of nitrogens with one attached hydrogen (secondary N) is 1. The molecule has 1 N–H and O–H groups in total. The third-order valence-electron chi connectivity index (χ3n) is 5.30.